The number of likely N-dealkylation sites (tertiary alicyclic amines) is 1. The van der Waals surface area contributed by atoms with Crippen LogP contribution < -0.4 is 11.1 Å². The predicted octanol–water partition coefficient (Wildman–Crippen LogP) is 3.08. The zero-order chi connectivity index (χ0) is 16.3. The number of hydrogen-bond donors (Lipinski definition) is 2. The summed E-state index contributed by atoms with van der Waals surface area (Å²) in [4.78, 5) is 26.2. The van der Waals surface area contributed by atoms with Crippen molar-refractivity contribution in [3.05, 3.63) is 28.2 Å². The molecule has 3 N–H and O–H groups in total. The number of anilines is 1. The predicted molar refractivity (Wildman–Crippen MR) is 95.3 cm³/mol. The lowest BCUT2D eigenvalue weighted by Crippen LogP contribution is -2.44. The van der Waals surface area contributed by atoms with Gasteiger partial charge in [-0.1, -0.05) is 23.2 Å². The highest BCUT2D eigenvalue weighted by Gasteiger charge is 2.34. The fourth-order valence-electron chi connectivity index (χ4n) is 2.58. The molecule has 128 valence electrons. The lowest BCUT2D eigenvalue weighted by Gasteiger charge is -2.24. The van der Waals surface area contributed by atoms with Gasteiger partial charge in [-0.2, -0.15) is 0 Å². The molecule has 0 spiro atoms. The highest BCUT2D eigenvalue weighted by atomic mass is 35.5. The van der Waals surface area contributed by atoms with E-state index in [0.29, 0.717) is 28.7 Å². The van der Waals surface area contributed by atoms with Crippen molar-refractivity contribution < 1.29 is 9.59 Å². The van der Waals surface area contributed by atoms with E-state index in [1.54, 1.807) is 30.0 Å². The number of nitrogens with one attached hydrogen (secondary N) is 1. The van der Waals surface area contributed by atoms with Crippen LogP contribution in [0.4, 0.5) is 5.69 Å². The van der Waals surface area contributed by atoms with Crippen LogP contribution in [-0.2, 0) is 9.59 Å². The van der Waals surface area contributed by atoms with Crippen LogP contribution in [0.5, 0.6) is 0 Å². The Morgan fingerprint density at radius 2 is 1.96 bits per heavy atom. The van der Waals surface area contributed by atoms with Gasteiger partial charge in [0.25, 0.3) is 0 Å². The van der Waals surface area contributed by atoms with Crippen LogP contribution in [0.15, 0.2) is 18.2 Å². The van der Waals surface area contributed by atoms with Gasteiger partial charge in [-0.3, -0.25) is 9.59 Å². The normalized spacial score (nSPS) is 18.3. The summed E-state index contributed by atoms with van der Waals surface area (Å²) >= 11 is 11.8. The van der Waals surface area contributed by atoms with Crippen molar-refractivity contribution in [2.75, 3.05) is 11.9 Å². The van der Waals surface area contributed by atoms with E-state index >= 15 is 0 Å². The first-order chi connectivity index (χ1) is 10.4. The van der Waals surface area contributed by atoms with Gasteiger partial charge in [0.2, 0.25) is 11.8 Å². The summed E-state index contributed by atoms with van der Waals surface area (Å²) in [6.45, 7) is 2.36. The molecule has 2 amide bonds. The van der Waals surface area contributed by atoms with Crippen molar-refractivity contribution in [2.45, 2.75) is 38.3 Å². The van der Waals surface area contributed by atoms with Crippen LogP contribution in [0.1, 0.15) is 26.2 Å². The molecule has 2 atom stereocenters. The van der Waals surface area contributed by atoms with Gasteiger partial charge in [0.15, 0.2) is 0 Å². The van der Waals surface area contributed by atoms with Gasteiger partial charge in [0, 0.05) is 34.7 Å². The maximum atomic E-state index is 12.4. The van der Waals surface area contributed by atoms with Gasteiger partial charge in [-0.25, -0.2) is 0 Å². The smallest absolute Gasteiger partial charge is 0.247 e. The number of hydrogen-bond acceptors (Lipinski definition) is 3. The standard InChI is InChI=1S/C15H19Cl2N3O2.ClH/c1-9(18)5-14(21)20-4-2-3-13(20)15(22)19-12-7-10(16)6-11(17)8-12;/h6-9,13H,2-5,18H2,1H3,(H,19,22);1H. The van der Waals surface area contributed by atoms with Crippen LogP contribution >= 0.6 is 35.6 Å². The van der Waals surface area contributed by atoms with Crippen molar-refractivity contribution >= 4 is 53.1 Å². The van der Waals surface area contributed by atoms with Gasteiger partial charge in [-0.05, 0) is 38.0 Å². The van der Waals surface area contributed by atoms with Crippen molar-refractivity contribution in [1.82, 2.24) is 4.90 Å². The second kappa shape index (κ2) is 8.73. The molecule has 5 nitrogen and oxygen atoms in total. The Bertz CT molecular complexity index is 561. The summed E-state index contributed by atoms with van der Waals surface area (Å²) in [5.41, 5.74) is 6.18. The molecule has 2 unspecified atom stereocenters. The van der Waals surface area contributed by atoms with Crippen LogP contribution in [0.25, 0.3) is 0 Å². The Morgan fingerprint density at radius 3 is 2.52 bits per heavy atom. The van der Waals surface area contributed by atoms with Crippen LogP contribution in [0.2, 0.25) is 10.0 Å². The molecule has 23 heavy (non-hydrogen) atoms. The fourth-order valence-corrected chi connectivity index (χ4v) is 3.11. The van der Waals surface area contributed by atoms with E-state index < -0.39 is 6.04 Å². The van der Waals surface area contributed by atoms with Gasteiger partial charge >= 0.3 is 0 Å². The second-order valence-corrected chi connectivity index (χ2v) is 6.45. The Labute approximate surface area is 151 Å². The van der Waals surface area contributed by atoms with Gasteiger partial charge < -0.3 is 16.0 Å². The topological polar surface area (TPSA) is 75.4 Å². The van der Waals surface area contributed by atoms with E-state index in [4.69, 9.17) is 28.9 Å². The molecule has 1 aliphatic rings. The summed E-state index contributed by atoms with van der Waals surface area (Å²) in [7, 11) is 0. The van der Waals surface area contributed by atoms with Crippen molar-refractivity contribution in [2.24, 2.45) is 5.73 Å². The molecule has 1 fully saturated rings. The molecule has 0 aromatic heterocycles. The molecule has 0 bridgehead atoms. The maximum absolute atomic E-state index is 12.4. The molecule has 0 aliphatic carbocycles. The third-order valence-electron chi connectivity index (χ3n) is 3.50. The number of carbonyl (C=O) groups is 2. The van der Waals surface area contributed by atoms with Crippen molar-refractivity contribution in [1.29, 1.82) is 0 Å². The second-order valence-electron chi connectivity index (χ2n) is 5.57. The molecule has 1 aliphatic heterocycles. The number of nitrogens with zero attached hydrogens (tertiary/aromatic N) is 1. The first-order valence-corrected chi connectivity index (χ1v) is 7.94. The molecule has 0 radical (unpaired) electrons. The lowest BCUT2D eigenvalue weighted by atomic mass is 10.1. The number of nitrogens with two attached hydrogens (primary N) is 1. The number of halogens is 3. The number of carbonyl (C=O) groups excluding carboxylic acids is 2. The van der Waals surface area contributed by atoms with E-state index in [9.17, 15) is 9.59 Å². The first-order valence-electron chi connectivity index (χ1n) is 7.19. The zero-order valence-corrected chi connectivity index (χ0v) is 15.0. The Morgan fingerprint density at radius 1 is 1.35 bits per heavy atom. The molecule has 8 heteroatoms. The van der Waals surface area contributed by atoms with Crippen LogP contribution in [0, 0.1) is 0 Å². The summed E-state index contributed by atoms with van der Waals surface area (Å²) < 4.78 is 0. The molecule has 0 saturated carbocycles. The molecule has 1 aromatic rings. The van der Waals surface area contributed by atoms with Crippen LogP contribution in [0.3, 0.4) is 0 Å². The SMILES string of the molecule is CC(N)CC(=O)N1CCCC1C(=O)Nc1cc(Cl)cc(Cl)c1.Cl. The summed E-state index contributed by atoms with van der Waals surface area (Å²) in [6, 6.07) is 4.14. The molecule has 1 saturated heterocycles. The van der Waals surface area contributed by atoms with E-state index in [0.717, 1.165) is 6.42 Å². The summed E-state index contributed by atoms with van der Waals surface area (Å²) in [5.74, 6) is -0.314. The molecule has 1 aromatic carbocycles. The van der Waals surface area contributed by atoms with Gasteiger partial charge in [-0.15, -0.1) is 12.4 Å². The van der Waals surface area contributed by atoms with Crippen LogP contribution in [-0.4, -0.2) is 35.3 Å². The van der Waals surface area contributed by atoms with E-state index in [1.807, 2.05) is 0 Å². The highest BCUT2D eigenvalue weighted by Crippen LogP contribution is 2.24. The highest BCUT2D eigenvalue weighted by molar-refractivity contribution is 6.35. The monoisotopic (exact) mass is 379 g/mol. The van der Waals surface area contributed by atoms with Crippen molar-refractivity contribution in [3.63, 3.8) is 0 Å². The fraction of sp³-hybridized carbons (Fsp3) is 0.467. The molecule has 2 rings (SSSR count). The average molecular weight is 381 g/mol. The van der Waals surface area contributed by atoms with Gasteiger partial charge in [0.05, 0.1) is 0 Å². The van der Waals surface area contributed by atoms with E-state index in [1.165, 1.54) is 0 Å². The Kier molecular flexibility index (Phi) is 7.61. The maximum Gasteiger partial charge on any atom is 0.247 e. The molecule has 1 heterocycles. The lowest BCUT2D eigenvalue weighted by molar-refractivity contribution is -0.136. The Hall–Kier alpha value is -1.01. The zero-order valence-electron chi connectivity index (χ0n) is 12.7. The minimum absolute atomic E-state index is 0. The molecular weight excluding hydrogens is 361 g/mol. The van der Waals surface area contributed by atoms with Crippen molar-refractivity contribution in [3.8, 4) is 0 Å². The summed E-state index contributed by atoms with van der Waals surface area (Å²) in [6.07, 6.45) is 1.69. The minimum atomic E-state index is -0.469. The van der Waals surface area contributed by atoms with Gasteiger partial charge in [0.1, 0.15) is 6.04 Å². The largest absolute Gasteiger partial charge is 0.331 e. The first kappa shape index (κ1) is 20.0. The van der Waals surface area contributed by atoms with E-state index in [2.05, 4.69) is 5.32 Å². The molecular formula is C15H20Cl3N3O2. The third-order valence-corrected chi connectivity index (χ3v) is 3.94. The minimum Gasteiger partial charge on any atom is -0.331 e. The third kappa shape index (κ3) is 5.53. The number of rotatable bonds is 4. The summed E-state index contributed by atoms with van der Waals surface area (Å²) in [5, 5.41) is 3.66. The number of amides is 2. The Balaban J connectivity index is 0.00000264. The van der Waals surface area contributed by atoms with E-state index in [-0.39, 0.29) is 36.7 Å². The number of benzene rings is 1. The average Bonchev–Trinajstić information content (AvgIpc) is 2.85. The quantitative estimate of drug-likeness (QED) is 0.843.